The van der Waals surface area contributed by atoms with Gasteiger partial charge in [0.1, 0.15) is 12.1 Å². The number of nitrogens with zero attached hydrogens (tertiary/aromatic N) is 3. The maximum absolute atomic E-state index is 14.5. The summed E-state index contributed by atoms with van der Waals surface area (Å²) < 4.78 is 12.0. The summed E-state index contributed by atoms with van der Waals surface area (Å²) in [6.07, 6.45) is 0.598. The first-order chi connectivity index (χ1) is 28.0. The second-order valence-corrected chi connectivity index (χ2v) is 22.5. The molecule has 0 unspecified atom stereocenters. The van der Waals surface area contributed by atoms with Crippen LogP contribution in [0.3, 0.4) is 0 Å². The van der Waals surface area contributed by atoms with Gasteiger partial charge in [0.15, 0.2) is 8.32 Å². The minimum atomic E-state index is -2.32. The molecule has 15 heteroatoms. The smallest absolute Gasteiger partial charge is 0.245 e. The monoisotopic (exact) mass is 862 g/mol. The van der Waals surface area contributed by atoms with E-state index in [1.54, 1.807) is 44.9 Å². The number of rotatable bonds is 24. The maximum Gasteiger partial charge on any atom is 0.245 e. The van der Waals surface area contributed by atoms with Crippen LogP contribution < -0.4 is 10.6 Å². The molecule has 0 radical (unpaired) electrons. The van der Waals surface area contributed by atoms with Crippen molar-refractivity contribution in [3.63, 3.8) is 0 Å². The lowest BCUT2D eigenvalue weighted by atomic mass is 9.89. The molecule has 5 amide bonds. The van der Waals surface area contributed by atoms with Gasteiger partial charge in [0.25, 0.3) is 0 Å². The van der Waals surface area contributed by atoms with E-state index >= 15 is 0 Å². The number of amides is 5. The van der Waals surface area contributed by atoms with Gasteiger partial charge in [0, 0.05) is 41.3 Å². The number of methoxy groups -OCH3 is 2. The summed E-state index contributed by atoms with van der Waals surface area (Å²) in [5.41, 5.74) is 0.696. The van der Waals surface area contributed by atoms with Gasteiger partial charge in [-0.05, 0) is 68.6 Å². The molecule has 0 aliphatic carbocycles. The zero-order chi connectivity index (χ0) is 45.6. The summed E-state index contributed by atoms with van der Waals surface area (Å²) in [5, 5.41) is 16.8. The largest absolute Gasteiger partial charge is 0.432 e. The number of aliphatic hydroxyl groups is 1. The predicted molar refractivity (Wildman–Crippen MR) is 237 cm³/mol. The molecule has 10 atom stereocenters. The maximum atomic E-state index is 14.5. The Labute approximate surface area is 361 Å². The fraction of sp³-hybridized carbons (Fsp3) is 0.756. The highest BCUT2D eigenvalue weighted by atomic mass is 28.4. The van der Waals surface area contributed by atoms with Gasteiger partial charge in [-0.1, -0.05) is 85.2 Å². The molecule has 0 bridgehead atoms. The Kier molecular flexibility index (Phi) is 21.4. The summed E-state index contributed by atoms with van der Waals surface area (Å²) in [6, 6.07) is 6.54. The number of carbonyl (C=O) groups excluding carboxylic acids is 5. The van der Waals surface area contributed by atoms with Crippen LogP contribution in [-0.4, -0.2) is 140 Å². The van der Waals surface area contributed by atoms with Crippen LogP contribution in [0, 0.1) is 23.7 Å². The van der Waals surface area contributed by atoms with Crippen LogP contribution in [0.15, 0.2) is 30.3 Å². The lowest BCUT2D eigenvalue weighted by Gasteiger charge is -2.41. The molecule has 0 aromatic heterocycles. The number of carbonyl (C=O) groups is 5. The van der Waals surface area contributed by atoms with Gasteiger partial charge in [-0.2, -0.15) is 0 Å². The Balaban J connectivity index is 2.26. The molecule has 0 saturated carbocycles. The third kappa shape index (κ3) is 14.6. The quantitative estimate of drug-likeness (QED) is 0.107. The summed E-state index contributed by atoms with van der Waals surface area (Å²) >= 11 is 0. The van der Waals surface area contributed by atoms with Crippen molar-refractivity contribution in [1.29, 1.82) is 0 Å². The Morgan fingerprint density at radius 3 is 2.03 bits per heavy atom. The van der Waals surface area contributed by atoms with Crippen molar-refractivity contribution in [1.82, 2.24) is 25.3 Å². The Bertz CT molecular complexity index is 1530. The minimum Gasteiger partial charge on any atom is -0.432 e. The van der Waals surface area contributed by atoms with E-state index in [0.29, 0.717) is 37.4 Å². The molecule has 0 spiro atoms. The van der Waals surface area contributed by atoms with E-state index in [-0.39, 0.29) is 60.3 Å². The van der Waals surface area contributed by atoms with Crippen LogP contribution in [-0.2, 0) is 33.4 Å². The van der Waals surface area contributed by atoms with Crippen molar-refractivity contribution in [3.8, 4) is 0 Å². The Morgan fingerprint density at radius 2 is 1.52 bits per heavy atom. The van der Waals surface area contributed by atoms with Crippen LogP contribution in [0.5, 0.6) is 0 Å². The number of aliphatic hydroxyl groups excluding tert-OH is 1. The molecule has 1 aliphatic rings. The minimum absolute atomic E-state index is 0.0199. The summed E-state index contributed by atoms with van der Waals surface area (Å²) in [7, 11) is 4.06. The number of ether oxygens (including phenoxy) is 2. The molecule has 1 saturated heterocycles. The fourth-order valence-corrected chi connectivity index (χ4v) is 9.62. The average Bonchev–Trinajstić information content (AvgIpc) is 3.68. The third-order valence-electron chi connectivity index (χ3n) is 12.4. The standard InChI is InChI=1S/C45H79N5O9Si/c1-15-30(6)40(49(10)45(56)38(28(2)3)47-44(55)39(29(4)5)48(9)36(51)24-20-26-60(13,14)57)35(58-11)27-37(52)50-25-19-23-34(50)42(59-12)31(7)43(54)46-32(8)41(53)33-21-17-16-18-22-33/h16-18,21-22,28-32,34-35,38-42,53,57H,15,19-20,23-27H2,1-14H3,(H,46,54)(H,47,55)/t30-,31+,32+,34-,35+,38-,39-,40-,41+,42+/m0/s1. The highest BCUT2D eigenvalue weighted by Gasteiger charge is 2.43. The van der Waals surface area contributed by atoms with Gasteiger partial charge in [-0.25, -0.2) is 0 Å². The van der Waals surface area contributed by atoms with Crippen molar-refractivity contribution in [2.45, 2.75) is 162 Å². The SMILES string of the molecule is CC[C@H](C)[C@@H]([C@@H](CC(=O)N1CCC[C@H]1[C@H](OC)[C@@H](C)C(=O)N[C@H](C)[C@@H](O)c1ccccc1)OC)N(C)C(=O)[C@@H](NC(=O)[C@H](C(C)C)N(C)C(=O)CCC[Si](C)(C)O)C(C)C. The molecule has 1 heterocycles. The molecule has 1 aromatic rings. The molecule has 2 rings (SSSR count). The van der Waals surface area contributed by atoms with Gasteiger partial charge >= 0.3 is 0 Å². The lowest BCUT2D eigenvalue weighted by molar-refractivity contribution is -0.148. The van der Waals surface area contributed by atoms with Gasteiger partial charge in [-0.3, -0.25) is 24.0 Å². The van der Waals surface area contributed by atoms with Crippen LogP contribution in [0.1, 0.15) is 106 Å². The van der Waals surface area contributed by atoms with Gasteiger partial charge in [0.05, 0.1) is 48.8 Å². The molecule has 4 N–H and O–H groups in total. The third-order valence-corrected chi connectivity index (χ3v) is 13.9. The number of benzene rings is 1. The van der Waals surface area contributed by atoms with Crippen LogP contribution in [0.4, 0.5) is 0 Å². The van der Waals surface area contributed by atoms with E-state index in [1.165, 1.54) is 12.0 Å². The predicted octanol–water partition coefficient (Wildman–Crippen LogP) is 4.75. The van der Waals surface area contributed by atoms with E-state index in [1.807, 2.05) is 85.0 Å². The van der Waals surface area contributed by atoms with E-state index in [4.69, 9.17) is 9.47 Å². The van der Waals surface area contributed by atoms with Crippen LogP contribution >= 0.6 is 0 Å². The van der Waals surface area contributed by atoms with E-state index in [0.717, 1.165) is 6.42 Å². The van der Waals surface area contributed by atoms with Crippen LogP contribution in [0.25, 0.3) is 0 Å². The zero-order valence-electron chi connectivity index (χ0n) is 39.1. The van der Waals surface area contributed by atoms with Crippen LogP contribution in [0.2, 0.25) is 19.1 Å². The fourth-order valence-electron chi connectivity index (χ4n) is 8.58. The molecular formula is C45H79N5O9Si. The van der Waals surface area contributed by atoms with Gasteiger partial charge in [0.2, 0.25) is 29.5 Å². The van der Waals surface area contributed by atoms with E-state index < -0.39 is 62.6 Å². The first kappa shape index (κ1) is 52.8. The molecule has 60 heavy (non-hydrogen) atoms. The number of likely N-dealkylation sites (N-methyl/N-ethyl adjacent to an activating group) is 2. The van der Waals surface area contributed by atoms with Crippen molar-refractivity contribution < 1.29 is 43.3 Å². The van der Waals surface area contributed by atoms with Crippen molar-refractivity contribution in [2.24, 2.45) is 23.7 Å². The Morgan fingerprint density at radius 1 is 0.900 bits per heavy atom. The number of hydrogen-bond acceptors (Lipinski definition) is 9. The second kappa shape index (κ2) is 24.3. The van der Waals surface area contributed by atoms with Gasteiger partial charge in [-0.15, -0.1) is 0 Å². The number of hydrogen-bond donors (Lipinski definition) is 4. The molecule has 1 aromatic carbocycles. The summed E-state index contributed by atoms with van der Waals surface area (Å²) in [4.78, 5) is 84.5. The van der Waals surface area contributed by atoms with Crippen molar-refractivity contribution >= 4 is 37.9 Å². The van der Waals surface area contributed by atoms with Crippen molar-refractivity contribution in [3.05, 3.63) is 35.9 Å². The van der Waals surface area contributed by atoms with Gasteiger partial charge < -0.3 is 44.7 Å². The number of likely N-dealkylation sites (tertiary alicyclic amines) is 1. The van der Waals surface area contributed by atoms with E-state index in [2.05, 4.69) is 10.6 Å². The highest BCUT2D eigenvalue weighted by molar-refractivity contribution is 6.69. The molecular weight excluding hydrogens is 783 g/mol. The first-order valence-electron chi connectivity index (χ1n) is 22.0. The van der Waals surface area contributed by atoms with E-state index in [9.17, 15) is 33.9 Å². The lowest BCUT2D eigenvalue weighted by Crippen LogP contribution is -2.60. The topological polar surface area (TPSA) is 178 Å². The number of nitrogens with one attached hydrogen (secondary N) is 2. The van der Waals surface area contributed by atoms with Crippen molar-refractivity contribution in [2.75, 3.05) is 34.9 Å². The zero-order valence-corrected chi connectivity index (χ0v) is 40.1. The molecule has 14 nitrogen and oxygen atoms in total. The second-order valence-electron chi connectivity index (χ2n) is 18.3. The summed E-state index contributed by atoms with van der Waals surface area (Å²) in [6.45, 7) is 19.1. The summed E-state index contributed by atoms with van der Waals surface area (Å²) in [5.74, 6) is -2.66. The molecule has 342 valence electrons. The first-order valence-corrected chi connectivity index (χ1v) is 25.1. The molecule has 1 fully saturated rings. The highest BCUT2D eigenvalue weighted by Crippen LogP contribution is 2.30. The average molecular weight is 862 g/mol. The normalized spacial score (nSPS) is 19.1. The Hall–Kier alpha value is -3.37. The molecule has 1 aliphatic heterocycles.